The van der Waals surface area contributed by atoms with E-state index in [4.69, 9.17) is 2.74 Å². The fraction of sp³-hybridized carbons (Fsp3) is 0.333. The Morgan fingerprint density at radius 1 is 1.33 bits per heavy atom. The lowest BCUT2D eigenvalue weighted by molar-refractivity contribution is 0.867. The summed E-state index contributed by atoms with van der Waals surface area (Å²) in [4.78, 5) is 0. The first kappa shape index (κ1) is 4.10. The Balaban J connectivity index is 3.05. The highest BCUT2D eigenvalue weighted by atomic mass is 14.0. The van der Waals surface area contributed by atoms with Gasteiger partial charge in [0.1, 0.15) is 0 Å². The summed E-state index contributed by atoms with van der Waals surface area (Å²) in [7, 11) is 0. The summed E-state index contributed by atoms with van der Waals surface area (Å²) in [6, 6.07) is 5.96. The SMILES string of the molecule is [2H]c1ccc(C(C)C)cc1[2H]. The lowest BCUT2D eigenvalue weighted by atomic mass is 10.0. The molecule has 0 aliphatic heterocycles. The van der Waals surface area contributed by atoms with Crippen molar-refractivity contribution in [3.05, 3.63) is 35.8 Å². The summed E-state index contributed by atoms with van der Waals surface area (Å²) < 4.78 is 14.6. The van der Waals surface area contributed by atoms with Crippen LogP contribution in [-0.4, -0.2) is 0 Å². The van der Waals surface area contributed by atoms with Gasteiger partial charge in [-0.3, -0.25) is 0 Å². The van der Waals surface area contributed by atoms with Crippen molar-refractivity contribution in [2.24, 2.45) is 0 Å². The zero-order chi connectivity index (χ0) is 8.43. The summed E-state index contributed by atoms with van der Waals surface area (Å²) in [5, 5.41) is 0. The van der Waals surface area contributed by atoms with Gasteiger partial charge in [0.05, 0.1) is 2.74 Å². The molecule has 48 valence electrons. The maximum absolute atomic E-state index is 7.37. The Morgan fingerprint density at radius 3 is 2.67 bits per heavy atom. The van der Waals surface area contributed by atoms with E-state index >= 15 is 0 Å². The average molecular weight is 122 g/mol. The van der Waals surface area contributed by atoms with Crippen molar-refractivity contribution in [1.82, 2.24) is 0 Å². The van der Waals surface area contributed by atoms with E-state index in [9.17, 15) is 0 Å². The van der Waals surface area contributed by atoms with Gasteiger partial charge in [-0.25, -0.2) is 0 Å². The standard InChI is InChI=1S/C9H12/c1-8(2)9-6-4-3-5-7-9/h3-8H,1-2H3/i3D,4D. The molecule has 0 spiro atoms. The molecular weight excluding hydrogens is 108 g/mol. The van der Waals surface area contributed by atoms with Gasteiger partial charge in [0, 0.05) is 0 Å². The summed E-state index contributed by atoms with van der Waals surface area (Å²) in [6.45, 7) is 4.16. The van der Waals surface area contributed by atoms with E-state index in [0.717, 1.165) is 5.56 Å². The molecule has 0 aliphatic carbocycles. The molecule has 0 saturated carbocycles. The molecule has 0 amide bonds. The number of rotatable bonds is 1. The molecule has 0 bridgehead atoms. The lowest BCUT2D eigenvalue weighted by Gasteiger charge is -2.01. The van der Waals surface area contributed by atoms with Crippen LogP contribution < -0.4 is 0 Å². The molecule has 0 N–H and O–H groups in total. The average Bonchev–Trinajstić information content (AvgIpc) is 1.94. The lowest BCUT2D eigenvalue weighted by Crippen LogP contribution is -1.83. The Kier molecular flexibility index (Phi) is 1.22. The minimum atomic E-state index is 0.300. The summed E-state index contributed by atoms with van der Waals surface area (Å²) in [5.41, 5.74) is 1.13. The first-order valence-corrected chi connectivity index (χ1v) is 3.18. The molecule has 1 aromatic carbocycles. The number of hydrogen-bond acceptors (Lipinski definition) is 0. The van der Waals surface area contributed by atoms with Gasteiger partial charge in [0.15, 0.2) is 0 Å². The van der Waals surface area contributed by atoms with Crippen LogP contribution in [0.1, 0.15) is 28.1 Å². The Labute approximate surface area is 59.3 Å². The van der Waals surface area contributed by atoms with Crippen LogP contribution in [0, 0.1) is 0 Å². The zero-order valence-electron chi connectivity index (χ0n) is 7.81. The molecule has 0 heterocycles. The fourth-order valence-corrected chi connectivity index (χ4v) is 0.718. The first-order valence-electron chi connectivity index (χ1n) is 4.18. The molecule has 0 aromatic heterocycles. The van der Waals surface area contributed by atoms with E-state index in [0.29, 0.717) is 18.0 Å². The highest BCUT2D eigenvalue weighted by Gasteiger charge is 1.93. The Morgan fingerprint density at radius 2 is 2.11 bits per heavy atom. The van der Waals surface area contributed by atoms with E-state index in [1.54, 1.807) is 12.1 Å². The van der Waals surface area contributed by atoms with Crippen LogP contribution in [-0.2, 0) is 0 Å². The molecular formula is C9H12. The molecule has 0 heteroatoms. The van der Waals surface area contributed by atoms with Crippen LogP contribution in [0.5, 0.6) is 0 Å². The predicted octanol–water partition coefficient (Wildman–Crippen LogP) is 2.81. The van der Waals surface area contributed by atoms with Crippen LogP contribution >= 0.6 is 0 Å². The number of hydrogen-bond donors (Lipinski definition) is 0. The first-order chi connectivity index (χ1) is 5.11. The molecule has 0 nitrogen and oxygen atoms in total. The van der Waals surface area contributed by atoms with Gasteiger partial charge in [-0.15, -0.1) is 0 Å². The highest BCUT2D eigenvalue weighted by Crippen LogP contribution is 2.11. The second-order valence-electron chi connectivity index (χ2n) is 2.42. The molecule has 0 atom stereocenters. The summed E-state index contributed by atoms with van der Waals surface area (Å²) in [6.07, 6.45) is 0. The van der Waals surface area contributed by atoms with Crippen molar-refractivity contribution < 1.29 is 2.74 Å². The zero-order valence-corrected chi connectivity index (χ0v) is 5.81. The van der Waals surface area contributed by atoms with E-state index in [1.165, 1.54) is 0 Å². The number of benzene rings is 1. The summed E-state index contributed by atoms with van der Waals surface area (Å²) >= 11 is 0. The predicted molar refractivity (Wildman–Crippen MR) is 40.5 cm³/mol. The minimum Gasteiger partial charge on any atom is -0.0622 e. The van der Waals surface area contributed by atoms with Crippen molar-refractivity contribution in [3.63, 3.8) is 0 Å². The maximum Gasteiger partial charge on any atom is 0.0623 e. The Bertz CT molecular complexity index is 254. The topological polar surface area (TPSA) is 0 Å². The van der Waals surface area contributed by atoms with Crippen molar-refractivity contribution in [3.8, 4) is 0 Å². The van der Waals surface area contributed by atoms with Crippen LogP contribution in [0.15, 0.2) is 30.3 Å². The molecule has 1 rings (SSSR count). The highest BCUT2D eigenvalue weighted by molar-refractivity contribution is 5.17. The van der Waals surface area contributed by atoms with Gasteiger partial charge in [-0.1, -0.05) is 44.1 Å². The van der Waals surface area contributed by atoms with E-state index in [-0.39, 0.29) is 0 Å². The van der Waals surface area contributed by atoms with Crippen molar-refractivity contribution >= 4 is 0 Å². The van der Waals surface area contributed by atoms with Gasteiger partial charge < -0.3 is 0 Å². The Hall–Kier alpha value is -0.780. The van der Waals surface area contributed by atoms with Gasteiger partial charge >= 0.3 is 0 Å². The van der Waals surface area contributed by atoms with Gasteiger partial charge in [-0.2, -0.15) is 0 Å². The van der Waals surface area contributed by atoms with E-state index in [1.807, 2.05) is 6.07 Å². The normalized spacial score (nSPS) is 13.2. The summed E-state index contributed by atoms with van der Waals surface area (Å²) in [5.74, 6) is 0.444. The van der Waals surface area contributed by atoms with Crippen LogP contribution in [0.25, 0.3) is 0 Å². The third-order valence-corrected chi connectivity index (χ3v) is 1.35. The largest absolute Gasteiger partial charge is 0.0623 e. The second-order valence-corrected chi connectivity index (χ2v) is 2.42. The monoisotopic (exact) mass is 122 g/mol. The fourth-order valence-electron chi connectivity index (χ4n) is 0.718. The maximum atomic E-state index is 7.37. The quantitative estimate of drug-likeness (QED) is 0.537. The molecule has 0 radical (unpaired) electrons. The molecule has 0 aliphatic rings. The molecule has 1 aromatic rings. The van der Waals surface area contributed by atoms with Gasteiger partial charge in [-0.05, 0) is 11.5 Å². The second kappa shape index (κ2) is 2.67. The molecule has 0 fully saturated rings. The van der Waals surface area contributed by atoms with Crippen molar-refractivity contribution in [1.29, 1.82) is 0 Å². The van der Waals surface area contributed by atoms with Gasteiger partial charge in [0.25, 0.3) is 0 Å². The smallest absolute Gasteiger partial charge is 0.0622 e. The van der Waals surface area contributed by atoms with Gasteiger partial charge in [0.2, 0.25) is 0 Å². The molecule has 0 unspecified atom stereocenters. The van der Waals surface area contributed by atoms with Crippen molar-refractivity contribution in [2.45, 2.75) is 19.8 Å². The van der Waals surface area contributed by atoms with E-state index in [2.05, 4.69) is 13.8 Å². The van der Waals surface area contributed by atoms with Crippen molar-refractivity contribution in [2.75, 3.05) is 0 Å². The third-order valence-electron chi connectivity index (χ3n) is 1.35. The van der Waals surface area contributed by atoms with Crippen LogP contribution in [0.3, 0.4) is 0 Å². The van der Waals surface area contributed by atoms with Crippen LogP contribution in [0.2, 0.25) is 0 Å². The third kappa shape index (κ3) is 1.56. The molecule has 9 heavy (non-hydrogen) atoms. The van der Waals surface area contributed by atoms with E-state index < -0.39 is 0 Å². The minimum absolute atomic E-state index is 0.300. The van der Waals surface area contributed by atoms with Crippen LogP contribution in [0.4, 0.5) is 0 Å². The molecule has 0 saturated heterocycles.